The van der Waals surface area contributed by atoms with E-state index in [0.717, 1.165) is 21.0 Å². The number of carboxylic acids is 1. The predicted octanol–water partition coefficient (Wildman–Crippen LogP) is 4.36. The maximum Gasteiger partial charge on any atom is 0.513 e. The molecule has 1 aromatic carbocycles. The van der Waals surface area contributed by atoms with E-state index in [2.05, 4.69) is 4.98 Å². The number of thiazole rings is 1. The number of aliphatic hydroxyl groups excluding tert-OH is 1. The highest BCUT2D eigenvalue weighted by molar-refractivity contribution is 7.98. The van der Waals surface area contributed by atoms with E-state index < -0.39 is 41.5 Å². The van der Waals surface area contributed by atoms with Crippen molar-refractivity contribution in [2.75, 3.05) is 12.9 Å². The fraction of sp³-hybridized carbons (Fsp3) is 0.407. The number of imidazole rings is 1. The van der Waals surface area contributed by atoms with E-state index >= 15 is 0 Å². The van der Waals surface area contributed by atoms with Gasteiger partial charge in [-0.1, -0.05) is 19.1 Å². The number of aliphatic carboxylic acids is 1. The van der Waals surface area contributed by atoms with Crippen molar-refractivity contribution in [1.82, 2.24) is 14.3 Å². The molecule has 0 radical (unpaired) electrons. The minimum absolute atomic E-state index is 0.0798. The van der Waals surface area contributed by atoms with E-state index in [0.29, 0.717) is 16.2 Å². The molecule has 2 aliphatic rings. The minimum Gasteiger partial charge on any atom is -0.477 e. The van der Waals surface area contributed by atoms with Gasteiger partial charge in [0, 0.05) is 17.2 Å². The second-order valence-electron chi connectivity index (χ2n) is 10.1. The molecule has 1 unspecified atom stereocenters. The molecule has 1 fully saturated rings. The predicted molar refractivity (Wildman–Crippen MR) is 146 cm³/mol. The lowest BCUT2D eigenvalue weighted by molar-refractivity contribution is -0.167. The van der Waals surface area contributed by atoms with Crippen molar-refractivity contribution < 1.29 is 34.1 Å². The summed E-state index contributed by atoms with van der Waals surface area (Å²) < 4.78 is 12.7. The SMILES string of the molecule is CSc1ncn2cc(C3=C(C(=O)O)N4C(=O)[C@H](C(C)O)[C@@H]4[C@@]3(C)CCOC(=O)Oc3cc(C)ccc3C)sc12. The van der Waals surface area contributed by atoms with E-state index in [1.807, 2.05) is 49.8 Å². The molecule has 0 aliphatic carbocycles. The Bertz CT molecular complexity index is 1520. The van der Waals surface area contributed by atoms with Crippen molar-refractivity contribution in [3.8, 4) is 5.75 Å². The van der Waals surface area contributed by atoms with Gasteiger partial charge in [0.1, 0.15) is 27.6 Å². The largest absolute Gasteiger partial charge is 0.513 e. The second-order valence-corrected chi connectivity index (χ2v) is 12.0. The number of rotatable bonds is 8. The minimum atomic E-state index is -1.23. The Labute approximate surface area is 233 Å². The fourth-order valence-corrected chi connectivity index (χ4v) is 7.61. The Morgan fingerprint density at radius 1 is 1.31 bits per heavy atom. The Balaban J connectivity index is 1.48. The third kappa shape index (κ3) is 4.40. The number of β-lactam (4-membered cyclic amide) rings is 1. The summed E-state index contributed by atoms with van der Waals surface area (Å²) in [6, 6.07) is 4.90. The van der Waals surface area contributed by atoms with Crippen molar-refractivity contribution in [2.24, 2.45) is 11.3 Å². The van der Waals surface area contributed by atoms with Gasteiger partial charge < -0.3 is 24.6 Å². The normalized spacial score (nSPS) is 23.1. The number of carboxylic acid groups (broad SMARTS) is 1. The lowest BCUT2D eigenvalue weighted by atomic mass is 9.66. The zero-order valence-electron chi connectivity index (χ0n) is 22.1. The number of aliphatic hydroxyl groups is 1. The number of thioether (sulfide) groups is 1. The molecule has 5 rings (SSSR count). The molecule has 2 N–H and O–H groups in total. The number of hydrogen-bond acceptors (Lipinski definition) is 9. The van der Waals surface area contributed by atoms with E-state index in [1.165, 1.54) is 34.9 Å². The van der Waals surface area contributed by atoms with Crippen molar-refractivity contribution in [2.45, 2.75) is 51.3 Å². The lowest BCUT2D eigenvalue weighted by Crippen LogP contribution is -2.66. The van der Waals surface area contributed by atoms with Gasteiger partial charge in [0.2, 0.25) is 5.91 Å². The van der Waals surface area contributed by atoms with Crippen LogP contribution in [0.4, 0.5) is 4.79 Å². The summed E-state index contributed by atoms with van der Waals surface area (Å²) in [5.41, 5.74) is 1.16. The molecule has 4 atom stereocenters. The summed E-state index contributed by atoms with van der Waals surface area (Å²) in [5.74, 6) is -2.04. The third-order valence-electron chi connectivity index (χ3n) is 7.56. The number of nitrogens with zero attached hydrogens (tertiary/aromatic N) is 3. The average Bonchev–Trinajstić information content (AvgIpc) is 3.49. The number of carbonyl (C=O) groups is 3. The highest BCUT2D eigenvalue weighted by Gasteiger charge is 2.66. The Hall–Kier alpha value is -3.35. The van der Waals surface area contributed by atoms with Crippen molar-refractivity contribution in [3.63, 3.8) is 0 Å². The molecule has 39 heavy (non-hydrogen) atoms. The summed E-state index contributed by atoms with van der Waals surface area (Å²) >= 11 is 2.87. The number of benzene rings is 1. The Morgan fingerprint density at radius 3 is 2.72 bits per heavy atom. The van der Waals surface area contributed by atoms with Gasteiger partial charge in [-0.25, -0.2) is 14.6 Å². The van der Waals surface area contributed by atoms with Crippen LogP contribution in [0.1, 0.15) is 36.3 Å². The van der Waals surface area contributed by atoms with E-state index in [9.17, 15) is 24.6 Å². The molecule has 1 saturated heterocycles. The summed E-state index contributed by atoms with van der Waals surface area (Å²) in [7, 11) is 0. The van der Waals surface area contributed by atoms with Gasteiger partial charge in [0.05, 0.1) is 29.5 Å². The van der Waals surface area contributed by atoms with Crippen LogP contribution in [0.15, 0.2) is 41.4 Å². The molecule has 4 heterocycles. The van der Waals surface area contributed by atoms with Crippen LogP contribution in [0.3, 0.4) is 0 Å². The molecule has 206 valence electrons. The quantitative estimate of drug-likeness (QED) is 0.175. The van der Waals surface area contributed by atoms with Crippen LogP contribution in [0.25, 0.3) is 10.4 Å². The van der Waals surface area contributed by atoms with Gasteiger partial charge in [-0.3, -0.25) is 9.20 Å². The molecule has 3 aromatic rings. The summed E-state index contributed by atoms with van der Waals surface area (Å²) in [6.07, 6.45) is 3.75. The zero-order chi connectivity index (χ0) is 28.2. The third-order valence-corrected chi connectivity index (χ3v) is 9.50. The molecule has 2 aliphatic heterocycles. The summed E-state index contributed by atoms with van der Waals surface area (Å²) in [6.45, 7) is 7.03. The number of amides is 1. The first-order valence-electron chi connectivity index (χ1n) is 12.4. The second kappa shape index (κ2) is 10.00. The zero-order valence-corrected chi connectivity index (χ0v) is 23.8. The molecule has 10 nitrogen and oxygen atoms in total. The summed E-state index contributed by atoms with van der Waals surface area (Å²) in [4.78, 5) is 45.4. The van der Waals surface area contributed by atoms with Gasteiger partial charge in [-0.15, -0.1) is 23.1 Å². The van der Waals surface area contributed by atoms with Crippen LogP contribution in [-0.2, 0) is 14.3 Å². The monoisotopic (exact) mass is 571 g/mol. The Morgan fingerprint density at radius 2 is 2.05 bits per heavy atom. The van der Waals surface area contributed by atoms with Gasteiger partial charge in [0.15, 0.2) is 0 Å². The first kappa shape index (κ1) is 27.2. The fourth-order valence-electron chi connectivity index (χ4n) is 5.65. The van der Waals surface area contributed by atoms with Crippen LogP contribution in [0.2, 0.25) is 0 Å². The summed E-state index contributed by atoms with van der Waals surface area (Å²) in [5, 5.41) is 21.5. The molecular formula is C27H29N3O7S2. The van der Waals surface area contributed by atoms with Gasteiger partial charge in [-0.05, 0) is 50.6 Å². The highest BCUT2D eigenvalue weighted by Crippen LogP contribution is 2.60. The highest BCUT2D eigenvalue weighted by atomic mass is 32.2. The molecular weight excluding hydrogens is 542 g/mol. The number of aryl methyl sites for hydroxylation is 2. The van der Waals surface area contributed by atoms with Crippen molar-refractivity contribution in [3.05, 3.63) is 52.4 Å². The number of aromatic nitrogens is 2. The number of fused-ring (bicyclic) bond motifs is 2. The van der Waals surface area contributed by atoms with Gasteiger partial charge in [-0.2, -0.15) is 0 Å². The lowest BCUT2D eigenvalue weighted by Gasteiger charge is -2.50. The maximum atomic E-state index is 13.1. The first-order valence-corrected chi connectivity index (χ1v) is 14.4. The van der Waals surface area contributed by atoms with Crippen LogP contribution < -0.4 is 4.74 Å². The van der Waals surface area contributed by atoms with E-state index in [1.54, 1.807) is 12.4 Å². The molecule has 12 heteroatoms. The maximum absolute atomic E-state index is 13.1. The molecule has 0 bridgehead atoms. The Kier molecular flexibility index (Phi) is 6.98. The van der Waals surface area contributed by atoms with Crippen LogP contribution in [-0.4, -0.2) is 67.5 Å². The van der Waals surface area contributed by atoms with E-state index in [4.69, 9.17) is 9.47 Å². The standard InChI is InChI=1S/C27H29N3O7S2/c1-13-6-7-14(2)16(10-13)37-26(35)36-9-8-27(4)19(17-11-29-12-28-22(38-5)24(29)39-17)20(25(33)34)30-21(27)18(15(3)31)23(30)32/h6-7,10-12,15,18,21,31H,8-9H2,1-5H3,(H,33,34)/t15?,18-,21-,27+/m1/s1. The van der Waals surface area contributed by atoms with Crippen molar-refractivity contribution >= 4 is 51.5 Å². The molecule has 0 saturated carbocycles. The molecule has 0 spiro atoms. The number of carbonyl (C=O) groups excluding carboxylic acids is 2. The van der Waals surface area contributed by atoms with Gasteiger partial charge in [0.25, 0.3) is 0 Å². The van der Waals surface area contributed by atoms with Crippen LogP contribution in [0.5, 0.6) is 5.75 Å². The number of hydrogen-bond donors (Lipinski definition) is 2. The van der Waals surface area contributed by atoms with Crippen molar-refractivity contribution in [1.29, 1.82) is 0 Å². The molecule has 1 amide bonds. The number of ether oxygens (including phenoxy) is 2. The smallest absolute Gasteiger partial charge is 0.477 e. The molecule has 2 aromatic heterocycles. The van der Waals surface area contributed by atoms with Gasteiger partial charge >= 0.3 is 12.1 Å². The first-order chi connectivity index (χ1) is 18.5. The van der Waals surface area contributed by atoms with Crippen LogP contribution >= 0.6 is 23.1 Å². The van der Waals surface area contributed by atoms with E-state index in [-0.39, 0.29) is 18.7 Å². The van der Waals surface area contributed by atoms with Crippen LogP contribution in [0, 0.1) is 25.2 Å². The average molecular weight is 572 g/mol. The topological polar surface area (TPSA) is 131 Å².